The largest absolute Gasteiger partial charge is 0.454 e. The normalized spacial score (nSPS) is 13.8. The van der Waals surface area contributed by atoms with Gasteiger partial charge in [0.15, 0.2) is 0 Å². The van der Waals surface area contributed by atoms with Crippen molar-refractivity contribution < 1.29 is 47.8 Å². The molecule has 0 aliphatic heterocycles. The maximum atomic E-state index is 14.1. The number of unbranched alkanes of at least 4 members (excludes halogenated alkanes) is 6. The Bertz CT molecular complexity index is 2010. The van der Waals surface area contributed by atoms with E-state index in [1.165, 1.54) is 0 Å². The number of rotatable bonds is 36. The van der Waals surface area contributed by atoms with Crippen molar-refractivity contribution in [2.24, 2.45) is 28.1 Å². The van der Waals surface area contributed by atoms with Crippen LogP contribution in [0.4, 0.5) is 4.79 Å². The lowest BCUT2D eigenvalue weighted by Crippen LogP contribution is -2.48. The lowest BCUT2D eigenvalue weighted by atomic mass is 9.73. The Morgan fingerprint density at radius 2 is 1.05 bits per heavy atom. The standard InChI is InChI=1S/C62H106BrN5O10/c1-58(2,3)38-37-46(59(4,5)6)43-53(72)68-50(60(7,8)9)35-36-52(71)65-39-22-18-16-17-19-28-48(69)42-45(27-20-23-41-66-57(76)78-62(13,14)15)55(74)67-49(54(73)56(75)77-61(10,11)12)29-21-24-40-64-51(70)30-25-26-44-31-33-47(63)34-32-44/h31-34,45-46,49-50H,16-30,35-43H2,1-15H3,(H,64,70)(H,65,71)(H,66,76)(H,67,74)(H,68,72)/t45?,46?,49-,50?/m0/s1. The Labute approximate surface area is 479 Å². The third kappa shape index (κ3) is 36.0. The third-order valence-corrected chi connectivity index (χ3v) is 14.2. The minimum atomic E-state index is -1.20. The minimum Gasteiger partial charge on any atom is -0.454 e. The van der Waals surface area contributed by atoms with Crippen molar-refractivity contribution in [3.8, 4) is 0 Å². The van der Waals surface area contributed by atoms with Crippen molar-refractivity contribution in [3.05, 3.63) is 34.3 Å². The Kier molecular flexibility index (Phi) is 32.5. The molecular weight excluding hydrogens is 1050 g/mol. The smallest absolute Gasteiger partial charge is 0.407 e. The van der Waals surface area contributed by atoms with Gasteiger partial charge in [-0.2, -0.15) is 0 Å². The molecule has 0 bridgehead atoms. The predicted octanol–water partition coefficient (Wildman–Crippen LogP) is 12.4. The fourth-order valence-electron chi connectivity index (χ4n) is 8.86. The molecule has 1 rings (SSSR count). The van der Waals surface area contributed by atoms with Gasteiger partial charge in [-0.3, -0.25) is 28.8 Å². The van der Waals surface area contributed by atoms with Crippen LogP contribution in [0.1, 0.15) is 238 Å². The number of ether oxygens (including phenoxy) is 2. The predicted molar refractivity (Wildman–Crippen MR) is 316 cm³/mol. The van der Waals surface area contributed by atoms with E-state index in [2.05, 4.69) is 105 Å². The summed E-state index contributed by atoms with van der Waals surface area (Å²) in [7, 11) is 0. The second kappa shape index (κ2) is 35.4. The first-order valence-electron chi connectivity index (χ1n) is 29.2. The van der Waals surface area contributed by atoms with Gasteiger partial charge in [-0.15, -0.1) is 0 Å². The van der Waals surface area contributed by atoms with Gasteiger partial charge in [-0.1, -0.05) is 116 Å². The molecule has 0 radical (unpaired) electrons. The Morgan fingerprint density at radius 1 is 0.513 bits per heavy atom. The van der Waals surface area contributed by atoms with Gasteiger partial charge in [0, 0.05) is 68.2 Å². The number of hydrogen-bond donors (Lipinski definition) is 5. The molecule has 0 fully saturated rings. The van der Waals surface area contributed by atoms with E-state index in [1.54, 1.807) is 41.5 Å². The number of nitrogens with one attached hydrogen (secondary N) is 5. The summed E-state index contributed by atoms with van der Waals surface area (Å²) in [6.45, 7) is 31.1. The molecule has 5 N–H and O–H groups in total. The van der Waals surface area contributed by atoms with Gasteiger partial charge in [-0.05, 0) is 158 Å². The number of esters is 1. The molecule has 16 heteroatoms. The maximum Gasteiger partial charge on any atom is 0.407 e. The van der Waals surface area contributed by atoms with E-state index in [9.17, 15) is 38.4 Å². The summed E-state index contributed by atoms with van der Waals surface area (Å²) in [5.74, 6) is -3.16. The van der Waals surface area contributed by atoms with E-state index < -0.39 is 46.9 Å². The molecule has 4 atom stereocenters. The highest BCUT2D eigenvalue weighted by atomic mass is 79.9. The van der Waals surface area contributed by atoms with Crippen LogP contribution in [0.25, 0.3) is 0 Å². The van der Waals surface area contributed by atoms with E-state index in [-0.39, 0.29) is 71.0 Å². The number of Topliss-reactive ketones (excluding diaryl/α,β-unsaturated/α-hetero) is 2. The average Bonchev–Trinajstić information content (AvgIpc) is 3.29. The summed E-state index contributed by atoms with van der Waals surface area (Å²) in [4.78, 5) is 105. The monoisotopic (exact) mass is 1160 g/mol. The van der Waals surface area contributed by atoms with Crippen molar-refractivity contribution in [3.63, 3.8) is 0 Å². The Hall–Kier alpha value is -4.34. The molecule has 0 saturated heterocycles. The van der Waals surface area contributed by atoms with Crippen LogP contribution in [0, 0.1) is 28.1 Å². The lowest BCUT2D eigenvalue weighted by molar-refractivity contribution is -0.163. The zero-order valence-electron chi connectivity index (χ0n) is 51.0. The van der Waals surface area contributed by atoms with Crippen molar-refractivity contribution in [2.75, 3.05) is 19.6 Å². The van der Waals surface area contributed by atoms with Gasteiger partial charge >= 0.3 is 12.1 Å². The van der Waals surface area contributed by atoms with Gasteiger partial charge in [0.2, 0.25) is 23.6 Å². The van der Waals surface area contributed by atoms with Gasteiger partial charge in [0.1, 0.15) is 17.0 Å². The topological polar surface area (TPSA) is 215 Å². The average molecular weight is 1160 g/mol. The number of alkyl carbamates (subject to hydrolysis) is 1. The van der Waals surface area contributed by atoms with Gasteiger partial charge in [0.25, 0.3) is 5.78 Å². The molecule has 1 aromatic carbocycles. The summed E-state index contributed by atoms with van der Waals surface area (Å²) < 4.78 is 11.7. The summed E-state index contributed by atoms with van der Waals surface area (Å²) in [6, 6.07) is 6.65. The minimum absolute atomic E-state index is 0.00345. The first-order valence-corrected chi connectivity index (χ1v) is 30.0. The van der Waals surface area contributed by atoms with Crippen LogP contribution in [0.15, 0.2) is 28.7 Å². The zero-order valence-corrected chi connectivity index (χ0v) is 52.6. The molecule has 0 aliphatic rings. The van der Waals surface area contributed by atoms with E-state index in [0.717, 1.165) is 55.0 Å². The highest BCUT2D eigenvalue weighted by molar-refractivity contribution is 9.10. The highest BCUT2D eigenvalue weighted by Crippen LogP contribution is 2.36. The van der Waals surface area contributed by atoms with E-state index in [1.807, 2.05) is 24.3 Å². The molecule has 3 unspecified atom stereocenters. The van der Waals surface area contributed by atoms with Crippen LogP contribution in [0.2, 0.25) is 0 Å². The third-order valence-electron chi connectivity index (χ3n) is 13.6. The molecule has 0 heterocycles. The summed E-state index contributed by atoms with van der Waals surface area (Å²) in [6.07, 6.45) is 11.2. The van der Waals surface area contributed by atoms with Crippen LogP contribution < -0.4 is 26.6 Å². The van der Waals surface area contributed by atoms with Crippen LogP contribution in [0.3, 0.4) is 0 Å². The Balaban J connectivity index is 2.81. The number of halogens is 1. The molecule has 0 spiro atoms. The molecule has 78 heavy (non-hydrogen) atoms. The molecule has 1 aromatic rings. The number of aryl methyl sites for hydroxylation is 1. The van der Waals surface area contributed by atoms with Crippen molar-refractivity contribution in [1.29, 1.82) is 0 Å². The maximum absolute atomic E-state index is 14.1. The van der Waals surface area contributed by atoms with Crippen molar-refractivity contribution >= 4 is 63.2 Å². The number of benzene rings is 1. The first-order chi connectivity index (χ1) is 36.0. The summed E-state index contributed by atoms with van der Waals surface area (Å²) in [5.41, 5.74) is -0.468. The van der Waals surface area contributed by atoms with Crippen LogP contribution in [-0.4, -0.2) is 90.2 Å². The van der Waals surface area contributed by atoms with Gasteiger partial charge in [0.05, 0.1) is 6.04 Å². The quantitative estimate of drug-likeness (QED) is 0.0243. The zero-order chi connectivity index (χ0) is 59.3. The molecule has 0 saturated carbocycles. The molecule has 5 amide bonds. The van der Waals surface area contributed by atoms with Gasteiger partial charge in [-0.25, -0.2) is 9.59 Å². The fraction of sp³-hybridized carbons (Fsp3) is 0.774. The SMILES string of the molecule is CC(C)(C)CCC(CC(=O)NC(CCC(=O)NCCCCCCCC(=O)CC(CCCCNC(=O)OC(C)(C)C)C(=O)N[C@@H](CCCCNC(=O)CCCc1ccc(Br)cc1)C(=O)C(=O)OC(C)(C)C)C(C)(C)C)C(C)(C)C. The van der Waals surface area contributed by atoms with Gasteiger partial charge < -0.3 is 36.1 Å². The highest BCUT2D eigenvalue weighted by Gasteiger charge is 2.34. The van der Waals surface area contributed by atoms with E-state index in [4.69, 9.17) is 9.47 Å². The number of amides is 5. The lowest BCUT2D eigenvalue weighted by Gasteiger charge is -2.35. The Morgan fingerprint density at radius 3 is 1.62 bits per heavy atom. The molecule has 0 aromatic heterocycles. The van der Waals surface area contributed by atoms with Crippen LogP contribution >= 0.6 is 15.9 Å². The summed E-state index contributed by atoms with van der Waals surface area (Å²) in [5, 5.41) is 14.8. The molecule has 15 nitrogen and oxygen atoms in total. The molecule has 0 aliphatic carbocycles. The first kappa shape index (κ1) is 71.7. The second-order valence-electron chi connectivity index (χ2n) is 26.9. The van der Waals surface area contributed by atoms with Crippen LogP contribution in [0.5, 0.6) is 0 Å². The molecular formula is C62H106BrN5O10. The van der Waals surface area contributed by atoms with E-state index >= 15 is 0 Å². The van der Waals surface area contributed by atoms with Crippen molar-refractivity contribution in [1.82, 2.24) is 26.6 Å². The number of carbonyl (C=O) groups is 8. The molecule has 446 valence electrons. The van der Waals surface area contributed by atoms with Crippen LogP contribution in [-0.2, 0) is 49.5 Å². The van der Waals surface area contributed by atoms with E-state index in [0.29, 0.717) is 90.3 Å². The number of hydrogen-bond acceptors (Lipinski definition) is 10. The number of ketones is 2. The van der Waals surface area contributed by atoms with Crippen molar-refractivity contribution in [2.45, 2.75) is 262 Å². The fourth-order valence-corrected chi connectivity index (χ4v) is 9.13. The summed E-state index contributed by atoms with van der Waals surface area (Å²) >= 11 is 3.44. The number of carbonyl (C=O) groups excluding carboxylic acids is 8. The second-order valence-corrected chi connectivity index (χ2v) is 27.8.